The smallest absolute Gasteiger partial charge is 0.220 e. The lowest BCUT2D eigenvalue weighted by molar-refractivity contribution is -0.122. The number of nitrogens with two attached hydrogens (primary N) is 1. The van der Waals surface area contributed by atoms with Crippen LogP contribution in [0.4, 0.5) is 0 Å². The maximum Gasteiger partial charge on any atom is 0.220 e. The Kier molecular flexibility index (Phi) is 4.10. The third-order valence-corrected chi connectivity index (χ3v) is 4.40. The Morgan fingerprint density at radius 1 is 1.60 bits per heavy atom. The predicted octanol–water partition coefficient (Wildman–Crippen LogP) is -0.725. The number of hydrogen-bond acceptors (Lipinski definition) is 4. The Bertz CT molecular complexity index is 326. The fraction of sp³-hybridized carbons (Fsp3) is 0.889. The molecule has 3 N–H and O–H groups in total. The Balaban J connectivity index is 2.34. The summed E-state index contributed by atoms with van der Waals surface area (Å²) in [6, 6.07) is -0.0458. The second kappa shape index (κ2) is 4.94. The van der Waals surface area contributed by atoms with Crippen molar-refractivity contribution in [2.75, 3.05) is 18.1 Å². The summed E-state index contributed by atoms with van der Waals surface area (Å²) in [6.45, 7) is 2.22. The van der Waals surface area contributed by atoms with E-state index in [0.29, 0.717) is 19.4 Å². The molecule has 0 aliphatic carbocycles. The van der Waals surface area contributed by atoms with E-state index in [0.717, 1.165) is 0 Å². The molecule has 0 bridgehead atoms. The topological polar surface area (TPSA) is 89.3 Å². The van der Waals surface area contributed by atoms with Gasteiger partial charge in [-0.15, -0.1) is 0 Å². The molecule has 0 aromatic rings. The van der Waals surface area contributed by atoms with Crippen molar-refractivity contribution in [1.82, 2.24) is 5.32 Å². The van der Waals surface area contributed by atoms with E-state index < -0.39 is 9.84 Å². The number of sulfone groups is 1. The van der Waals surface area contributed by atoms with Gasteiger partial charge in [0.2, 0.25) is 5.91 Å². The quantitative estimate of drug-likeness (QED) is 0.671. The van der Waals surface area contributed by atoms with E-state index in [2.05, 4.69) is 5.32 Å². The molecular weight excluding hydrogens is 216 g/mol. The van der Waals surface area contributed by atoms with E-state index in [-0.39, 0.29) is 29.4 Å². The van der Waals surface area contributed by atoms with Crippen LogP contribution in [0.2, 0.25) is 0 Å². The molecule has 88 valence electrons. The number of rotatable bonds is 4. The normalized spacial score (nSPS) is 26.1. The van der Waals surface area contributed by atoms with Gasteiger partial charge in [0.1, 0.15) is 0 Å². The first kappa shape index (κ1) is 12.4. The highest BCUT2D eigenvalue weighted by Crippen LogP contribution is 2.21. The van der Waals surface area contributed by atoms with Gasteiger partial charge < -0.3 is 11.1 Å². The Hall–Kier alpha value is -0.620. The van der Waals surface area contributed by atoms with Crippen LogP contribution in [-0.4, -0.2) is 38.4 Å². The van der Waals surface area contributed by atoms with E-state index in [1.54, 1.807) is 0 Å². The van der Waals surface area contributed by atoms with Crippen molar-refractivity contribution in [3.63, 3.8) is 0 Å². The molecule has 2 unspecified atom stereocenters. The zero-order chi connectivity index (χ0) is 11.5. The molecule has 0 aromatic carbocycles. The summed E-state index contributed by atoms with van der Waals surface area (Å²) in [5.41, 5.74) is 5.36. The summed E-state index contributed by atoms with van der Waals surface area (Å²) in [5.74, 6) is 0.254. The van der Waals surface area contributed by atoms with Crippen LogP contribution in [0.15, 0.2) is 0 Å². The van der Waals surface area contributed by atoms with Gasteiger partial charge in [-0.2, -0.15) is 0 Å². The molecule has 1 fully saturated rings. The molecule has 0 radical (unpaired) electrons. The van der Waals surface area contributed by atoms with Gasteiger partial charge in [-0.25, -0.2) is 8.42 Å². The van der Waals surface area contributed by atoms with Gasteiger partial charge in [0.25, 0.3) is 0 Å². The highest BCUT2D eigenvalue weighted by Gasteiger charge is 2.29. The van der Waals surface area contributed by atoms with Crippen molar-refractivity contribution in [2.24, 2.45) is 11.7 Å². The lowest BCUT2D eigenvalue weighted by Crippen LogP contribution is -2.38. The van der Waals surface area contributed by atoms with Gasteiger partial charge in [-0.1, -0.05) is 0 Å². The van der Waals surface area contributed by atoms with Crippen LogP contribution in [-0.2, 0) is 14.6 Å². The summed E-state index contributed by atoms with van der Waals surface area (Å²) in [4.78, 5) is 11.4. The third kappa shape index (κ3) is 4.17. The van der Waals surface area contributed by atoms with Crippen molar-refractivity contribution in [2.45, 2.75) is 25.8 Å². The minimum atomic E-state index is -2.88. The number of carbonyl (C=O) groups excluding carboxylic acids is 1. The largest absolute Gasteiger partial charge is 0.352 e. The van der Waals surface area contributed by atoms with Crippen molar-refractivity contribution >= 4 is 15.7 Å². The van der Waals surface area contributed by atoms with Gasteiger partial charge in [-0.05, 0) is 19.3 Å². The molecule has 15 heavy (non-hydrogen) atoms. The van der Waals surface area contributed by atoms with Gasteiger partial charge in [0, 0.05) is 19.0 Å². The monoisotopic (exact) mass is 234 g/mol. The first-order chi connectivity index (χ1) is 6.93. The molecule has 0 saturated carbocycles. The molecule has 6 heteroatoms. The van der Waals surface area contributed by atoms with Crippen molar-refractivity contribution in [1.29, 1.82) is 0 Å². The first-order valence-corrected chi connectivity index (χ1v) is 6.95. The van der Waals surface area contributed by atoms with Gasteiger partial charge in [0.15, 0.2) is 9.84 Å². The van der Waals surface area contributed by atoms with E-state index in [1.165, 1.54) is 0 Å². The molecule has 0 aromatic heterocycles. The van der Waals surface area contributed by atoms with Gasteiger partial charge in [-0.3, -0.25) is 4.79 Å². The lowest BCUT2D eigenvalue weighted by Gasteiger charge is -2.13. The maximum atomic E-state index is 11.4. The molecule has 0 spiro atoms. The first-order valence-electron chi connectivity index (χ1n) is 5.13. The average molecular weight is 234 g/mol. The molecular formula is C9H18N2O3S. The SMILES string of the molecule is CC(CN)NC(=O)CC1CCS(=O)(=O)C1. The van der Waals surface area contributed by atoms with E-state index in [4.69, 9.17) is 5.73 Å². The number of carbonyl (C=O) groups is 1. The highest BCUT2D eigenvalue weighted by molar-refractivity contribution is 7.91. The molecule has 1 saturated heterocycles. The second-order valence-electron chi connectivity index (χ2n) is 4.18. The van der Waals surface area contributed by atoms with Crippen LogP contribution < -0.4 is 11.1 Å². The van der Waals surface area contributed by atoms with Crippen LogP contribution in [0.1, 0.15) is 19.8 Å². The molecule has 1 rings (SSSR count). The van der Waals surface area contributed by atoms with Crippen LogP contribution in [0.25, 0.3) is 0 Å². The number of amides is 1. The summed E-state index contributed by atoms with van der Waals surface area (Å²) >= 11 is 0. The fourth-order valence-electron chi connectivity index (χ4n) is 1.69. The molecule has 1 aliphatic rings. The summed E-state index contributed by atoms with van der Waals surface area (Å²) in [6.07, 6.45) is 0.899. The number of nitrogens with one attached hydrogen (secondary N) is 1. The van der Waals surface area contributed by atoms with Crippen LogP contribution in [0.3, 0.4) is 0 Å². The summed E-state index contributed by atoms with van der Waals surface area (Å²) in [7, 11) is -2.88. The standard InChI is InChI=1S/C9H18N2O3S/c1-7(5-10)11-9(12)4-8-2-3-15(13,14)6-8/h7-8H,2-6,10H2,1H3,(H,11,12). The van der Waals surface area contributed by atoms with Crippen LogP contribution in [0, 0.1) is 5.92 Å². The third-order valence-electron chi connectivity index (χ3n) is 2.56. The zero-order valence-corrected chi connectivity index (χ0v) is 9.72. The summed E-state index contributed by atoms with van der Waals surface area (Å²) in [5, 5.41) is 2.73. The minimum Gasteiger partial charge on any atom is -0.352 e. The highest BCUT2D eigenvalue weighted by atomic mass is 32.2. The predicted molar refractivity (Wildman–Crippen MR) is 58.0 cm³/mol. The Labute approximate surface area is 90.3 Å². The molecule has 1 heterocycles. The Morgan fingerprint density at radius 3 is 2.73 bits per heavy atom. The fourth-order valence-corrected chi connectivity index (χ4v) is 3.55. The maximum absolute atomic E-state index is 11.4. The zero-order valence-electron chi connectivity index (χ0n) is 8.90. The summed E-state index contributed by atoms with van der Waals surface area (Å²) < 4.78 is 22.3. The van der Waals surface area contributed by atoms with Gasteiger partial charge in [0.05, 0.1) is 11.5 Å². The molecule has 1 amide bonds. The van der Waals surface area contributed by atoms with Crippen LogP contribution in [0.5, 0.6) is 0 Å². The van der Waals surface area contributed by atoms with E-state index >= 15 is 0 Å². The van der Waals surface area contributed by atoms with Gasteiger partial charge >= 0.3 is 0 Å². The minimum absolute atomic E-state index is 0.0139. The van der Waals surface area contributed by atoms with Crippen molar-refractivity contribution in [3.05, 3.63) is 0 Å². The molecule has 2 atom stereocenters. The second-order valence-corrected chi connectivity index (χ2v) is 6.41. The van der Waals surface area contributed by atoms with E-state index in [9.17, 15) is 13.2 Å². The molecule has 5 nitrogen and oxygen atoms in total. The Morgan fingerprint density at radius 2 is 2.27 bits per heavy atom. The van der Waals surface area contributed by atoms with Crippen molar-refractivity contribution < 1.29 is 13.2 Å². The van der Waals surface area contributed by atoms with E-state index in [1.807, 2.05) is 6.92 Å². The molecule has 1 aliphatic heterocycles. The average Bonchev–Trinajstić information content (AvgIpc) is 2.44. The lowest BCUT2D eigenvalue weighted by atomic mass is 10.0. The van der Waals surface area contributed by atoms with Crippen molar-refractivity contribution in [3.8, 4) is 0 Å². The number of hydrogen-bond donors (Lipinski definition) is 2. The van der Waals surface area contributed by atoms with Crippen LogP contribution >= 0.6 is 0 Å².